The van der Waals surface area contributed by atoms with Crippen LogP contribution >= 0.6 is 11.8 Å². The van der Waals surface area contributed by atoms with Gasteiger partial charge in [-0.3, -0.25) is 9.59 Å². The molecule has 0 spiro atoms. The maximum absolute atomic E-state index is 11.6. The second-order valence-corrected chi connectivity index (χ2v) is 4.95. The van der Waals surface area contributed by atoms with Gasteiger partial charge in [0.15, 0.2) is 0 Å². The molecule has 4 nitrogen and oxygen atoms in total. The van der Waals surface area contributed by atoms with E-state index in [1.54, 1.807) is 6.08 Å². The monoisotopic (exact) mass is 262 g/mol. The number of anilines is 1. The lowest BCUT2D eigenvalue weighted by Gasteiger charge is -2.16. The topological polar surface area (TPSA) is 58.2 Å². The van der Waals surface area contributed by atoms with E-state index in [1.807, 2.05) is 18.2 Å². The highest BCUT2D eigenvalue weighted by Crippen LogP contribution is 2.31. The normalized spacial score (nSPS) is 13.4. The molecule has 0 fully saturated rings. The Morgan fingerprint density at radius 2 is 2.39 bits per heavy atom. The second-order valence-electron chi connectivity index (χ2n) is 3.94. The molecule has 0 saturated heterocycles. The summed E-state index contributed by atoms with van der Waals surface area (Å²) in [6.45, 7) is 4.01. The second kappa shape index (κ2) is 5.73. The first-order valence-electron chi connectivity index (χ1n) is 5.62. The van der Waals surface area contributed by atoms with Crippen LogP contribution in [0.5, 0.6) is 0 Å². The molecule has 94 valence electrons. The predicted octanol–water partition coefficient (Wildman–Crippen LogP) is 1.58. The van der Waals surface area contributed by atoms with Gasteiger partial charge in [-0.05, 0) is 17.7 Å². The SMILES string of the molecule is C=CCNC(=O)Cc1ccc2c(c1)NC(=O)CS2. The van der Waals surface area contributed by atoms with Crippen molar-refractivity contribution in [1.82, 2.24) is 5.32 Å². The molecule has 0 radical (unpaired) electrons. The molecule has 0 aromatic heterocycles. The van der Waals surface area contributed by atoms with Crippen LogP contribution in [0.1, 0.15) is 5.56 Å². The molecule has 18 heavy (non-hydrogen) atoms. The number of carbonyl (C=O) groups is 2. The minimum atomic E-state index is -0.0513. The van der Waals surface area contributed by atoms with Crippen LogP contribution < -0.4 is 10.6 Å². The molecule has 0 aliphatic carbocycles. The maximum Gasteiger partial charge on any atom is 0.234 e. The Hall–Kier alpha value is -1.75. The van der Waals surface area contributed by atoms with E-state index in [0.717, 1.165) is 16.1 Å². The summed E-state index contributed by atoms with van der Waals surface area (Å²) in [6.07, 6.45) is 1.95. The summed E-state index contributed by atoms with van der Waals surface area (Å²) < 4.78 is 0. The van der Waals surface area contributed by atoms with Crippen molar-refractivity contribution < 1.29 is 9.59 Å². The number of rotatable bonds is 4. The summed E-state index contributed by atoms with van der Waals surface area (Å²) in [7, 11) is 0. The molecule has 1 aromatic carbocycles. The maximum atomic E-state index is 11.6. The highest BCUT2D eigenvalue weighted by atomic mass is 32.2. The van der Waals surface area contributed by atoms with Gasteiger partial charge in [-0.25, -0.2) is 0 Å². The van der Waals surface area contributed by atoms with E-state index in [1.165, 1.54) is 11.8 Å². The van der Waals surface area contributed by atoms with Gasteiger partial charge in [0.2, 0.25) is 11.8 Å². The minimum absolute atomic E-state index is 0.000703. The molecule has 0 unspecified atom stereocenters. The van der Waals surface area contributed by atoms with Crippen molar-refractivity contribution in [3.63, 3.8) is 0 Å². The van der Waals surface area contributed by atoms with Crippen LogP contribution in [0.25, 0.3) is 0 Å². The van der Waals surface area contributed by atoms with Gasteiger partial charge in [-0.1, -0.05) is 12.1 Å². The Bertz CT molecular complexity index is 500. The molecule has 1 aliphatic rings. The first-order chi connectivity index (χ1) is 8.69. The molecule has 2 amide bonds. The third-order valence-electron chi connectivity index (χ3n) is 2.49. The van der Waals surface area contributed by atoms with Crippen molar-refractivity contribution in [1.29, 1.82) is 0 Å². The van der Waals surface area contributed by atoms with E-state index in [-0.39, 0.29) is 11.8 Å². The highest BCUT2D eigenvalue weighted by molar-refractivity contribution is 8.00. The van der Waals surface area contributed by atoms with Gasteiger partial charge in [-0.2, -0.15) is 0 Å². The summed E-state index contributed by atoms with van der Waals surface area (Å²) in [5.41, 5.74) is 1.68. The summed E-state index contributed by atoms with van der Waals surface area (Å²) in [6, 6.07) is 5.71. The Morgan fingerprint density at radius 3 is 3.17 bits per heavy atom. The molecule has 1 heterocycles. The van der Waals surface area contributed by atoms with Crippen molar-refractivity contribution in [3.8, 4) is 0 Å². The predicted molar refractivity (Wildman–Crippen MR) is 72.7 cm³/mol. The minimum Gasteiger partial charge on any atom is -0.352 e. The molecular weight excluding hydrogens is 248 g/mol. The van der Waals surface area contributed by atoms with Crippen LogP contribution in [-0.4, -0.2) is 24.1 Å². The smallest absolute Gasteiger partial charge is 0.234 e. The number of hydrogen-bond donors (Lipinski definition) is 2. The van der Waals surface area contributed by atoms with E-state index in [0.29, 0.717) is 18.7 Å². The molecule has 2 rings (SSSR count). The average Bonchev–Trinajstić information content (AvgIpc) is 2.36. The number of amides is 2. The first-order valence-corrected chi connectivity index (χ1v) is 6.61. The number of thioether (sulfide) groups is 1. The van der Waals surface area contributed by atoms with E-state index in [2.05, 4.69) is 17.2 Å². The summed E-state index contributed by atoms with van der Waals surface area (Å²) in [5, 5.41) is 5.53. The van der Waals surface area contributed by atoms with E-state index >= 15 is 0 Å². The van der Waals surface area contributed by atoms with Crippen molar-refractivity contribution in [2.45, 2.75) is 11.3 Å². The van der Waals surface area contributed by atoms with E-state index in [9.17, 15) is 9.59 Å². The number of nitrogens with one attached hydrogen (secondary N) is 2. The number of fused-ring (bicyclic) bond motifs is 1. The number of benzene rings is 1. The standard InChI is InChI=1S/C13H14N2O2S/c1-2-5-14-12(16)7-9-3-4-11-10(6-9)15-13(17)8-18-11/h2-4,6H,1,5,7-8H2,(H,14,16)(H,15,17). The summed E-state index contributed by atoms with van der Waals surface area (Å²) in [4.78, 5) is 23.9. The Balaban J connectivity index is 2.06. The largest absolute Gasteiger partial charge is 0.352 e. The fourth-order valence-electron chi connectivity index (χ4n) is 1.67. The van der Waals surface area contributed by atoms with Crippen LogP contribution in [0.3, 0.4) is 0 Å². The number of hydrogen-bond acceptors (Lipinski definition) is 3. The number of carbonyl (C=O) groups excluding carboxylic acids is 2. The quantitative estimate of drug-likeness (QED) is 0.810. The van der Waals surface area contributed by atoms with Crippen molar-refractivity contribution in [2.75, 3.05) is 17.6 Å². The summed E-state index contributed by atoms with van der Waals surface area (Å²) >= 11 is 1.51. The Morgan fingerprint density at radius 1 is 1.56 bits per heavy atom. The lowest BCUT2D eigenvalue weighted by molar-refractivity contribution is -0.120. The van der Waals surface area contributed by atoms with Crippen LogP contribution in [0, 0.1) is 0 Å². The van der Waals surface area contributed by atoms with Crippen molar-refractivity contribution in [2.24, 2.45) is 0 Å². The Kier molecular flexibility index (Phi) is 4.04. The molecule has 0 atom stereocenters. The van der Waals surface area contributed by atoms with Crippen LogP contribution in [0.4, 0.5) is 5.69 Å². The molecule has 1 aromatic rings. The highest BCUT2D eigenvalue weighted by Gasteiger charge is 2.15. The third kappa shape index (κ3) is 3.13. The van der Waals surface area contributed by atoms with Crippen LogP contribution in [-0.2, 0) is 16.0 Å². The van der Waals surface area contributed by atoms with Gasteiger partial charge >= 0.3 is 0 Å². The van der Waals surface area contributed by atoms with Gasteiger partial charge in [0.05, 0.1) is 17.9 Å². The van der Waals surface area contributed by atoms with E-state index < -0.39 is 0 Å². The fourth-order valence-corrected chi connectivity index (χ4v) is 2.46. The average molecular weight is 262 g/mol. The fraction of sp³-hybridized carbons (Fsp3) is 0.231. The van der Waals surface area contributed by atoms with Gasteiger partial charge in [0, 0.05) is 11.4 Å². The lowest BCUT2D eigenvalue weighted by atomic mass is 10.1. The first kappa shape index (κ1) is 12.7. The zero-order chi connectivity index (χ0) is 13.0. The van der Waals surface area contributed by atoms with E-state index in [4.69, 9.17) is 0 Å². The Labute approximate surface area is 110 Å². The van der Waals surface area contributed by atoms with Crippen LogP contribution in [0.15, 0.2) is 35.7 Å². The molecule has 5 heteroatoms. The summed E-state index contributed by atoms with van der Waals surface area (Å²) in [5.74, 6) is 0.400. The van der Waals surface area contributed by atoms with Gasteiger partial charge in [-0.15, -0.1) is 18.3 Å². The van der Waals surface area contributed by atoms with Crippen molar-refractivity contribution >= 4 is 29.3 Å². The zero-order valence-corrected chi connectivity index (χ0v) is 10.7. The molecule has 2 N–H and O–H groups in total. The van der Waals surface area contributed by atoms with Gasteiger partial charge in [0.1, 0.15) is 0 Å². The van der Waals surface area contributed by atoms with Gasteiger partial charge in [0.25, 0.3) is 0 Å². The molecular formula is C13H14N2O2S. The molecule has 1 aliphatic heterocycles. The van der Waals surface area contributed by atoms with Gasteiger partial charge < -0.3 is 10.6 Å². The van der Waals surface area contributed by atoms with Crippen molar-refractivity contribution in [3.05, 3.63) is 36.4 Å². The molecule has 0 saturated carbocycles. The third-order valence-corrected chi connectivity index (χ3v) is 3.56. The van der Waals surface area contributed by atoms with Crippen LogP contribution in [0.2, 0.25) is 0 Å². The molecule has 0 bridgehead atoms. The zero-order valence-electron chi connectivity index (χ0n) is 9.86. The lowest BCUT2D eigenvalue weighted by Crippen LogP contribution is -2.25.